The predicted molar refractivity (Wildman–Crippen MR) is 124 cm³/mol. The van der Waals surface area contributed by atoms with Gasteiger partial charge in [0.25, 0.3) is 0 Å². The van der Waals surface area contributed by atoms with Gasteiger partial charge in [0, 0.05) is 36.8 Å². The number of ether oxygens (including phenoxy) is 1. The van der Waals surface area contributed by atoms with E-state index in [0.717, 1.165) is 57.9 Å². The maximum absolute atomic E-state index is 5.52. The van der Waals surface area contributed by atoms with Gasteiger partial charge in [-0.1, -0.05) is 30.3 Å². The van der Waals surface area contributed by atoms with Crippen LogP contribution in [-0.4, -0.2) is 45.1 Å². The molecule has 5 aromatic rings. The molecule has 1 aliphatic heterocycles. The van der Waals surface area contributed by atoms with Crippen LogP contribution in [0.3, 0.4) is 0 Å². The van der Waals surface area contributed by atoms with E-state index in [1.54, 1.807) is 13.3 Å². The first kappa shape index (κ1) is 18.6. The van der Waals surface area contributed by atoms with Crippen LogP contribution in [0.2, 0.25) is 0 Å². The van der Waals surface area contributed by atoms with Crippen LogP contribution < -0.4 is 9.64 Å². The minimum absolute atomic E-state index is 0.210. The molecule has 3 aromatic heterocycles. The van der Waals surface area contributed by atoms with Crippen molar-refractivity contribution in [1.29, 1.82) is 0 Å². The van der Waals surface area contributed by atoms with Crippen LogP contribution in [0.1, 0.15) is 11.6 Å². The first-order valence-corrected chi connectivity index (χ1v) is 10.5. The summed E-state index contributed by atoms with van der Waals surface area (Å²) >= 11 is 0. The van der Waals surface area contributed by atoms with Crippen molar-refractivity contribution in [2.24, 2.45) is 0 Å². The highest BCUT2D eigenvalue weighted by Gasteiger charge is 2.34. The number of benzene rings is 2. The van der Waals surface area contributed by atoms with E-state index in [1.807, 2.05) is 66.9 Å². The number of hydrogen-bond acceptors (Lipinski definition) is 7. The van der Waals surface area contributed by atoms with Crippen molar-refractivity contribution in [3.8, 4) is 17.1 Å². The Kier molecular flexibility index (Phi) is 4.38. The normalized spacial score (nSPS) is 14.0. The zero-order valence-corrected chi connectivity index (χ0v) is 17.5. The molecule has 0 saturated carbocycles. The van der Waals surface area contributed by atoms with Crippen LogP contribution in [0, 0.1) is 0 Å². The van der Waals surface area contributed by atoms with Gasteiger partial charge in [0.2, 0.25) is 11.8 Å². The van der Waals surface area contributed by atoms with Gasteiger partial charge in [0.1, 0.15) is 0 Å². The number of methoxy groups -OCH3 is 1. The third-order valence-corrected chi connectivity index (χ3v) is 5.84. The molecule has 7 heteroatoms. The zero-order valence-electron chi connectivity index (χ0n) is 17.5. The molecule has 4 heterocycles. The Bertz CT molecular complexity index is 1450. The molecule has 0 aliphatic carbocycles. The summed E-state index contributed by atoms with van der Waals surface area (Å²) < 4.78 is 5.52. The van der Waals surface area contributed by atoms with Gasteiger partial charge in [-0.15, -0.1) is 0 Å². The molecule has 0 bridgehead atoms. The fourth-order valence-corrected chi connectivity index (χ4v) is 4.16. The molecular formula is C25H20N6O. The maximum Gasteiger partial charge on any atom is 0.225 e. The average Bonchev–Trinajstić information content (AvgIpc) is 2.82. The Morgan fingerprint density at radius 2 is 1.56 bits per heavy atom. The molecule has 2 aromatic carbocycles. The van der Waals surface area contributed by atoms with Gasteiger partial charge in [-0.2, -0.15) is 0 Å². The van der Waals surface area contributed by atoms with Gasteiger partial charge in [-0.25, -0.2) is 24.9 Å². The van der Waals surface area contributed by atoms with E-state index in [4.69, 9.17) is 19.7 Å². The van der Waals surface area contributed by atoms with Gasteiger partial charge in [-0.3, -0.25) is 0 Å². The Labute approximate surface area is 184 Å². The Hall–Kier alpha value is -4.13. The van der Waals surface area contributed by atoms with Crippen molar-refractivity contribution in [1.82, 2.24) is 24.9 Å². The minimum atomic E-state index is 0.210. The smallest absolute Gasteiger partial charge is 0.225 e. The topological polar surface area (TPSA) is 76.9 Å². The standard InChI is InChI=1S/C25H20N6O/c1-32-24-18(8-6-12-26-24)23-22(28-20-10-4-5-11-21(20)29-23)17-14-31(15-17)25-27-13-16-7-2-3-9-19(16)30-25/h2-13,17H,14-15H2,1H3. The molecular weight excluding hydrogens is 400 g/mol. The molecule has 1 saturated heterocycles. The quantitative estimate of drug-likeness (QED) is 0.430. The van der Waals surface area contributed by atoms with Crippen molar-refractivity contribution in [2.75, 3.05) is 25.1 Å². The lowest BCUT2D eigenvalue weighted by Crippen LogP contribution is -2.46. The third kappa shape index (κ3) is 3.10. The van der Waals surface area contributed by atoms with Crippen molar-refractivity contribution in [3.05, 3.63) is 78.8 Å². The average molecular weight is 420 g/mol. The lowest BCUT2D eigenvalue weighted by molar-refractivity contribution is 0.399. The molecule has 32 heavy (non-hydrogen) atoms. The molecule has 0 spiro atoms. The van der Waals surface area contributed by atoms with Crippen molar-refractivity contribution in [3.63, 3.8) is 0 Å². The molecule has 1 aliphatic rings. The summed E-state index contributed by atoms with van der Waals surface area (Å²) in [6.07, 6.45) is 3.60. The van der Waals surface area contributed by atoms with Gasteiger partial charge < -0.3 is 9.64 Å². The largest absolute Gasteiger partial charge is 0.481 e. The summed E-state index contributed by atoms with van der Waals surface area (Å²) in [7, 11) is 1.63. The summed E-state index contributed by atoms with van der Waals surface area (Å²) in [4.78, 5) is 25.8. The highest BCUT2D eigenvalue weighted by molar-refractivity contribution is 5.81. The molecule has 0 amide bonds. The van der Waals surface area contributed by atoms with Crippen LogP contribution in [0.15, 0.2) is 73.1 Å². The van der Waals surface area contributed by atoms with E-state index in [0.29, 0.717) is 5.88 Å². The molecule has 0 unspecified atom stereocenters. The SMILES string of the molecule is COc1ncccc1-c1nc2ccccc2nc1C1CN(c2ncc3ccccc3n2)C1. The summed E-state index contributed by atoms with van der Waals surface area (Å²) in [5.41, 5.74) is 5.31. The van der Waals surface area contributed by atoms with Gasteiger partial charge in [0.15, 0.2) is 0 Å². The fourth-order valence-electron chi connectivity index (χ4n) is 4.16. The van der Waals surface area contributed by atoms with Crippen molar-refractivity contribution < 1.29 is 4.74 Å². The first-order chi connectivity index (χ1) is 15.8. The number of rotatable bonds is 4. The van der Waals surface area contributed by atoms with Crippen LogP contribution >= 0.6 is 0 Å². The molecule has 156 valence electrons. The number of nitrogens with zero attached hydrogens (tertiary/aromatic N) is 6. The maximum atomic E-state index is 5.52. The van der Waals surface area contributed by atoms with Gasteiger partial charge in [0.05, 0.1) is 40.6 Å². The predicted octanol–water partition coefficient (Wildman–Crippen LogP) is 4.25. The Balaban J connectivity index is 1.38. The van der Waals surface area contributed by atoms with E-state index in [1.165, 1.54) is 0 Å². The van der Waals surface area contributed by atoms with Gasteiger partial charge in [-0.05, 0) is 30.3 Å². The summed E-state index contributed by atoms with van der Waals surface area (Å²) in [6.45, 7) is 1.56. The molecule has 7 nitrogen and oxygen atoms in total. The first-order valence-electron chi connectivity index (χ1n) is 10.5. The van der Waals surface area contributed by atoms with Crippen LogP contribution in [0.5, 0.6) is 5.88 Å². The number of hydrogen-bond donors (Lipinski definition) is 0. The van der Waals surface area contributed by atoms with Crippen LogP contribution in [0.25, 0.3) is 33.2 Å². The van der Waals surface area contributed by atoms with E-state index in [9.17, 15) is 0 Å². The Morgan fingerprint density at radius 3 is 2.38 bits per heavy atom. The van der Waals surface area contributed by atoms with E-state index in [2.05, 4.69) is 14.9 Å². The highest BCUT2D eigenvalue weighted by Crippen LogP contribution is 2.37. The zero-order chi connectivity index (χ0) is 21.5. The fraction of sp³-hybridized carbons (Fsp3) is 0.160. The van der Waals surface area contributed by atoms with E-state index in [-0.39, 0.29) is 5.92 Å². The number of aromatic nitrogens is 5. The lowest BCUT2D eigenvalue weighted by Gasteiger charge is -2.39. The molecule has 0 atom stereocenters. The molecule has 6 rings (SSSR count). The third-order valence-electron chi connectivity index (χ3n) is 5.84. The summed E-state index contributed by atoms with van der Waals surface area (Å²) in [5, 5.41) is 1.04. The number of fused-ring (bicyclic) bond motifs is 2. The minimum Gasteiger partial charge on any atom is -0.481 e. The number of pyridine rings is 1. The molecule has 0 N–H and O–H groups in total. The number of para-hydroxylation sites is 3. The van der Waals surface area contributed by atoms with Crippen molar-refractivity contribution >= 4 is 27.9 Å². The Morgan fingerprint density at radius 1 is 0.812 bits per heavy atom. The van der Waals surface area contributed by atoms with E-state index < -0.39 is 0 Å². The second kappa shape index (κ2) is 7.53. The molecule has 1 fully saturated rings. The summed E-state index contributed by atoms with van der Waals surface area (Å²) in [5.74, 6) is 1.50. The second-order valence-electron chi connectivity index (χ2n) is 7.84. The highest BCUT2D eigenvalue weighted by atomic mass is 16.5. The van der Waals surface area contributed by atoms with Crippen LogP contribution in [0.4, 0.5) is 5.95 Å². The second-order valence-corrected chi connectivity index (χ2v) is 7.84. The van der Waals surface area contributed by atoms with Crippen LogP contribution in [-0.2, 0) is 0 Å². The monoisotopic (exact) mass is 420 g/mol. The van der Waals surface area contributed by atoms with Gasteiger partial charge >= 0.3 is 0 Å². The number of anilines is 1. The van der Waals surface area contributed by atoms with E-state index >= 15 is 0 Å². The summed E-state index contributed by atoms with van der Waals surface area (Å²) in [6, 6.07) is 19.9. The van der Waals surface area contributed by atoms with Crippen molar-refractivity contribution in [2.45, 2.75) is 5.92 Å². The molecule has 0 radical (unpaired) electrons. The lowest BCUT2D eigenvalue weighted by atomic mass is 9.92.